The van der Waals surface area contributed by atoms with Crippen molar-refractivity contribution in [2.75, 3.05) is 0 Å². The number of hydrogen-bond acceptors (Lipinski definition) is 4. The third-order valence-corrected chi connectivity index (χ3v) is 9.03. The number of imidazole rings is 1. The lowest BCUT2D eigenvalue weighted by Gasteiger charge is -2.37. The number of carbonyl (C=O) groups is 2. The molecule has 0 aliphatic carbocycles. The molecule has 5 aromatic carbocycles. The second-order valence-corrected chi connectivity index (χ2v) is 12.2. The molecule has 1 aromatic heterocycles. The van der Waals surface area contributed by atoms with Crippen LogP contribution in [0.3, 0.4) is 0 Å². The summed E-state index contributed by atoms with van der Waals surface area (Å²) in [5.41, 5.74) is 2.49. The average molecular weight is 624 g/mol. The standard InChI is InChI=1S/C40H37N3O4/c1-27(2)40(47,35-22-21-29-23-31(20-19-30(29)24-35)37(44)42-28(3)38(45)46)36-25-43(26-41-36)39(32-13-7-4-8-14-32,33-15-9-5-10-16-33)34-17-11-6-12-18-34/h4-28,47H,1-3H3,(H,42,44)(H,45,46)/t28-,40?/m0/s1. The first-order valence-electron chi connectivity index (χ1n) is 15.7. The third-order valence-electron chi connectivity index (χ3n) is 9.03. The van der Waals surface area contributed by atoms with Gasteiger partial charge in [-0.05, 0) is 64.1 Å². The summed E-state index contributed by atoms with van der Waals surface area (Å²) in [6.07, 6.45) is 3.76. The quantitative estimate of drug-likeness (QED) is 0.143. The van der Waals surface area contributed by atoms with Crippen LogP contribution in [-0.4, -0.2) is 37.7 Å². The molecule has 6 rings (SSSR count). The molecule has 0 spiro atoms. The van der Waals surface area contributed by atoms with Crippen molar-refractivity contribution < 1.29 is 19.8 Å². The summed E-state index contributed by atoms with van der Waals surface area (Å²) < 4.78 is 2.10. The second-order valence-electron chi connectivity index (χ2n) is 12.2. The van der Waals surface area contributed by atoms with Crippen molar-refractivity contribution in [1.29, 1.82) is 0 Å². The highest BCUT2D eigenvalue weighted by molar-refractivity contribution is 6.00. The van der Waals surface area contributed by atoms with Crippen molar-refractivity contribution in [3.63, 3.8) is 0 Å². The van der Waals surface area contributed by atoms with Crippen molar-refractivity contribution in [3.05, 3.63) is 173 Å². The molecule has 0 saturated heterocycles. The Morgan fingerprint density at radius 1 is 0.702 bits per heavy atom. The predicted molar refractivity (Wildman–Crippen MR) is 183 cm³/mol. The lowest BCUT2D eigenvalue weighted by molar-refractivity contribution is -0.138. The number of aliphatic carboxylic acids is 1. The van der Waals surface area contributed by atoms with Gasteiger partial charge in [-0.2, -0.15) is 0 Å². The molecule has 1 heterocycles. The maximum absolute atomic E-state index is 12.7. The number of hydrogen-bond donors (Lipinski definition) is 3. The van der Waals surface area contributed by atoms with Gasteiger partial charge in [-0.3, -0.25) is 9.59 Å². The smallest absolute Gasteiger partial charge is 0.325 e. The first kappa shape index (κ1) is 31.5. The summed E-state index contributed by atoms with van der Waals surface area (Å²) in [6, 6.07) is 40.8. The number of benzene rings is 5. The van der Waals surface area contributed by atoms with Crippen LogP contribution in [0.25, 0.3) is 10.8 Å². The van der Waals surface area contributed by atoms with Gasteiger partial charge in [0.05, 0.1) is 12.0 Å². The second kappa shape index (κ2) is 12.7. The molecule has 0 aliphatic heterocycles. The highest BCUT2D eigenvalue weighted by atomic mass is 16.4. The number of fused-ring (bicyclic) bond motifs is 1. The first-order valence-corrected chi connectivity index (χ1v) is 15.7. The van der Waals surface area contributed by atoms with E-state index in [-0.39, 0.29) is 5.92 Å². The molecule has 47 heavy (non-hydrogen) atoms. The zero-order valence-corrected chi connectivity index (χ0v) is 26.5. The van der Waals surface area contributed by atoms with E-state index in [1.165, 1.54) is 6.92 Å². The van der Waals surface area contributed by atoms with E-state index in [1.807, 2.05) is 98.9 Å². The molecule has 0 fully saturated rings. The highest BCUT2D eigenvalue weighted by Gasteiger charge is 2.42. The molecule has 2 atom stereocenters. The highest BCUT2D eigenvalue weighted by Crippen LogP contribution is 2.43. The van der Waals surface area contributed by atoms with Crippen molar-refractivity contribution in [1.82, 2.24) is 14.9 Å². The molecule has 1 amide bonds. The topological polar surface area (TPSA) is 104 Å². The Morgan fingerprint density at radius 3 is 1.72 bits per heavy atom. The van der Waals surface area contributed by atoms with Gasteiger partial charge in [0.1, 0.15) is 17.2 Å². The van der Waals surface area contributed by atoms with Gasteiger partial charge in [0.2, 0.25) is 0 Å². The fourth-order valence-corrected chi connectivity index (χ4v) is 6.43. The summed E-state index contributed by atoms with van der Waals surface area (Å²) in [7, 11) is 0. The van der Waals surface area contributed by atoms with Gasteiger partial charge in [0, 0.05) is 11.8 Å². The van der Waals surface area contributed by atoms with Crippen LogP contribution in [-0.2, 0) is 15.9 Å². The molecule has 6 aromatic rings. The Kier molecular flexibility index (Phi) is 8.50. The molecule has 236 valence electrons. The number of aromatic nitrogens is 2. The lowest BCUT2D eigenvalue weighted by atomic mass is 9.76. The van der Waals surface area contributed by atoms with Gasteiger partial charge in [0.15, 0.2) is 0 Å². The van der Waals surface area contributed by atoms with E-state index in [9.17, 15) is 19.8 Å². The molecule has 0 bridgehead atoms. The van der Waals surface area contributed by atoms with Gasteiger partial charge in [-0.15, -0.1) is 0 Å². The van der Waals surface area contributed by atoms with E-state index in [2.05, 4.69) is 46.3 Å². The van der Waals surface area contributed by atoms with Gasteiger partial charge in [-0.1, -0.05) is 123 Å². The maximum Gasteiger partial charge on any atom is 0.325 e. The van der Waals surface area contributed by atoms with E-state index >= 15 is 0 Å². The summed E-state index contributed by atoms with van der Waals surface area (Å²) >= 11 is 0. The van der Waals surface area contributed by atoms with Crippen molar-refractivity contribution >= 4 is 22.6 Å². The molecule has 3 N–H and O–H groups in total. The Balaban J connectivity index is 1.47. The van der Waals surface area contributed by atoms with Gasteiger partial charge in [-0.25, -0.2) is 4.98 Å². The first-order chi connectivity index (χ1) is 22.6. The van der Waals surface area contributed by atoms with E-state index < -0.39 is 29.1 Å². The van der Waals surface area contributed by atoms with E-state index in [4.69, 9.17) is 4.98 Å². The summed E-state index contributed by atoms with van der Waals surface area (Å²) in [4.78, 5) is 28.8. The summed E-state index contributed by atoms with van der Waals surface area (Å²) in [5, 5.41) is 25.9. The monoisotopic (exact) mass is 623 g/mol. The lowest BCUT2D eigenvalue weighted by Crippen LogP contribution is -2.38. The van der Waals surface area contributed by atoms with Crippen LogP contribution in [0.2, 0.25) is 0 Å². The number of nitrogens with zero attached hydrogens (tertiary/aromatic N) is 2. The Bertz CT molecular complexity index is 1930. The van der Waals surface area contributed by atoms with Gasteiger partial charge in [0.25, 0.3) is 5.91 Å². The number of nitrogens with one attached hydrogen (secondary N) is 1. The molecular weight excluding hydrogens is 586 g/mol. The van der Waals surface area contributed by atoms with Crippen LogP contribution in [0.15, 0.2) is 140 Å². The van der Waals surface area contributed by atoms with Crippen LogP contribution >= 0.6 is 0 Å². The van der Waals surface area contributed by atoms with Crippen molar-refractivity contribution in [3.8, 4) is 0 Å². The molecular formula is C40H37N3O4. The Morgan fingerprint density at radius 2 is 1.21 bits per heavy atom. The Labute approximate surface area is 274 Å². The number of amides is 1. The van der Waals surface area contributed by atoms with Crippen LogP contribution in [0.4, 0.5) is 0 Å². The van der Waals surface area contributed by atoms with Crippen molar-refractivity contribution in [2.45, 2.75) is 38.0 Å². The number of rotatable bonds is 10. The molecule has 1 unspecified atom stereocenters. The van der Waals surface area contributed by atoms with Gasteiger partial charge >= 0.3 is 5.97 Å². The van der Waals surface area contributed by atoms with Crippen molar-refractivity contribution in [2.24, 2.45) is 5.92 Å². The average Bonchev–Trinajstić information content (AvgIpc) is 3.60. The molecule has 0 aliphatic rings. The number of aliphatic hydroxyl groups is 1. The summed E-state index contributed by atoms with van der Waals surface area (Å²) in [5.74, 6) is -1.81. The zero-order chi connectivity index (χ0) is 33.2. The van der Waals surface area contributed by atoms with Crippen LogP contribution in [0.5, 0.6) is 0 Å². The largest absolute Gasteiger partial charge is 0.480 e. The van der Waals surface area contributed by atoms with Crippen LogP contribution in [0, 0.1) is 5.92 Å². The Hall–Kier alpha value is -5.53. The predicted octanol–water partition coefficient (Wildman–Crippen LogP) is 6.97. The minimum absolute atomic E-state index is 0.245. The molecule has 0 saturated carbocycles. The summed E-state index contributed by atoms with van der Waals surface area (Å²) in [6.45, 7) is 5.36. The van der Waals surface area contributed by atoms with Gasteiger partial charge < -0.3 is 20.1 Å². The molecule has 7 nitrogen and oxygen atoms in total. The maximum atomic E-state index is 12.7. The minimum atomic E-state index is -1.44. The normalized spacial score (nSPS) is 13.6. The third kappa shape index (κ3) is 5.59. The van der Waals surface area contributed by atoms with Crippen LogP contribution < -0.4 is 5.32 Å². The fourth-order valence-electron chi connectivity index (χ4n) is 6.43. The van der Waals surface area contributed by atoms with Crippen LogP contribution in [0.1, 0.15) is 59.1 Å². The molecule has 7 heteroatoms. The molecule has 0 radical (unpaired) electrons. The fraction of sp³-hybridized carbons (Fsp3) is 0.175. The SMILES string of the molecule is CC(C)C(O)(c1ccc2cc(C(=O)N[C@@H](C)C(=O)O)ccc2c1)c1cn(C(c2ccccc2)(c2ccccc2)c2ccccc2)cn1. The number of carboxylic acids is 1. The van der Waals surface area contributed by atoms with E-state index in [1.54, 1.807) is 18.5 Å². The number of carbonyl (C=O) groups excluding carboxylic acids is 1. The minimum Gasteiger partial charge on any atom is -0.480 e. The zero-order valence-electron chi connectivity index (χ0n) is 26.5. The number of carboxylic acid groups (broad SMARTS) is 1. The van der Waals surface area contributed by atoms with E-state index in [0.717, 1.165) is 27.5 Å². The van der Waals surface area contributed by atoms with E-state index in [0.29, 0.717) is 16.8 Å².